The number of ether oxygens (including phenoxy) is 4. The van der Waals surface area contributed by atoms with E-state index in [-0.39, 0.29) is 62.5 Å². The van der Waals surface area contributed by atoms with Crippen LogP contribution in [-0.2, 0) is 19.0 Å². The summed E-state index contributed by atoms with van der Waals surface area (Å²) >= 11 is 0. The smallest absolute Gasteiger partial charge is 0.407 e. The summed E-state index contributed by atoms with van der Waals surface area (Å²) in [7, 11) is 1.33. The Bertz CT molecular complexity index is 1330. The van der Waals surface area contributed by atoms with E-state index in [1.165, 1.54) is 19.2 Å². The summed E-state index contributed by atoms with van der Waals surface area (Å²) < 4.78 is 21.1. The number of hydrogen-bond donors (Lipinski definition) is 4. The number of aromatic hydroxyl groups is 1. The molecule has 11 heteroatoms. The normalized spacial score (nSPS) is 11.8. The van der Waals surface area contributed by atoms with E-state index in [0.29, 0.717) is 0 Å². The van der Waals surface area contributed by atoms with Gasteiger partial charge in [0, 0.05) is 12.5 Å². The maximum atomic E-state index is 12.2. The van der Waals surface area contributed by atoms with E-state index >= 15 is 0 Å². The van der Waals surface area contributed by atoms with Crippen LogP contribution in [0, 0.1) is 0 Å². The van der Waals surface area contributed by atoms with Crippen LogP contribution in [0.4, 0.5) is 10.5 Å². The molecular weight excluding hydrogens is 518 g/mol. The molecule has 0 saturated carbocycles. The minimum Gasteiger partial charge on any atom is -0.505 e. The van der Waals surface area contributed by atoms with E-state index in [2.05, 4.69) is 34.9 Å². The molecule has 0 saturated heterocycles. The molecule has 1 aliphatic carbocycles. The third kappa shape index (κ3) is 6.68. The van der Waals surface area contributed by atoms with Crippen LogP contribution in [0.3, 0.4) is 0 Å². The maximum absolute atomic E-state index is 12.2. The molecule has 0 atom stereocenters. The van der Waals surface area contributed by atoms with E-state index < -0.39 is 23.7 Å². The first-order chi connectivity index (χ1) is 19.4. The molecule has 0 aliphatic heterocycles. The van der Waals surface area contributed by atoms with Gasteiger partial charge in [-0.15, -0.1) is 0 Å². The Morgan fingerprint density at radius 2 is 1.55 bits per heavy atom. The number of benzene rings is 3. The second kappa shape index (κ2) is 13.5. The first-order valence-electron chi connectivity index (χ1n) is 12.6. The standard InChI is InChI=1S/C29H31N3O8/c1-37-24-11-10-23(27(34)26(24)28(30)35)32-25(33)17-39-15-14-38-13-12-31-29(36)40-16-22-20-8-4-2-6-18(20)19-7-3-5-9-21(19)22/h2-11,22,34H,12-17H2,1H3,(H2,30,35)(H,31,36)(H,32,33). The van der Waals surface area contributed by atoms with E-state index in [1.807, 2.05) is 24.3 Å². The van der Waals surface area contributed by atoms with Gasteiger partial charge in [-0.25, -0.2) is 4.79 Å². The lowest BCUT2D eigenvalue weighted by Gasteiger charge is -2.14. The number of hydrogen-bond acceptors (Lipinski definition) is 8. The number of anilines is 1. The largest absolute Gasteiger partial charge is 0.505 e. The molecule has 0 bridgehead atoms. The van der Waals surface area contributed by atoms with Crippen LogP contribution in [0.1, 0.15) is 27.4 Å². The molecule has 40 heavy (non-hydrogen) atoms. The first kappa shape index (κ1) is 28.4. The molecule has 3 aromatic rings. The van der Waals surface area contributed by atoms with Gasteiger partial charge in [0.1, 0.15) is 24.5 Å². The molecule has 0 aromatic heterocycles. The molecule has 4 rings (SSSR count). The molecule has 210 valence electrons. The van der Waals surface area contributed by atoms with Gasteiger partial charge >= 0.3 is 6.09 Å². The Kier molecular flexibility index (Phi) is 9.55. The number of fused-ring (bicyclic) bond motifs is 3. The number of nitrogens with two attached hydrogens (primary N) is 1. The monoisotopic (exact) mass is 549 g/mol. The van der Waals surface area contributed by atoms with Gasteiger partial charge in [0.05, 0.1) is 32.6 Å². The van der Waals surface area contributed by atoms with Crippen LogP contribution in [0.5, 0.6) is 11.5 Å². The fraction of sp³-hybridized carbons (Fsp3) is 0.276. The molecule has 0 fully saturated rings. The van der Waals surface area contributed by atoms with E-state index in [4.69, 9.17) is 24.7 Å². The number of amides is 3. The number of phenols is 1. The van der Waals surface area contributed by atoms with Crippen molar-refractivity contribution in [2.75, 3.05) is 52.0 Å². The number of carbonyl (C=O) groups is 3. The SMILES string of the molecule is COc1ccc(NC(=O)COCCOCCNC(=O)OCC2c3ccccc3-c3ccccc32)c(O)c1C(N)=O. The molecule has 0 heterocycles. The Hall–Kier alpha value is -4.61. The highest BCUT2D eigenvalue weighted by atomic mass is 16.6. The van der Waals surface area contributed by atoms with Crippen LogP contribution >= 0.6 is 0 Å². The van der Waals surface area contributed by atoms with Crippen molar-refractivity contribution in [2.45, 2.75) is 5.92 Å². The topological polar surface area (TPSA) is 158 Å². The summed E-state index contributed by atoms with van der Waals surface area (Å²) in [6, 6.07) is 19.0. The van der Waals surface area contributed by atoms with E-state index in [0.717, 1.165) is 22.3 Å². The molecular formula is C29H31N3O8. The average molecular weight is 550 g/mol. The predicted molar refractivity (Wildman–Crippen MR) is 147 cm³/mol. The third-order valence-electron chi connectivity index (χ3n) is 6.34. The molecule has 3 aromatic carbocycles. The highest BCUT2D eigenvalue weighted by molar-refractivity contribution is 6.02. The van der Waals surface area contributed by atoms with Crippen LogP contribution in [0.25, 0.3) is 11.1 Å². The number of rotatable bonds is 13. The van der Waals surface area contributed by atoms with Crippen molar-refractivity contribution in [2.24, 2.45) is 5.73 Å². The van der Waals surface area contributed by atoms with Crippen molar-refractivity contribution in [3.63, 3.8) is 0 Å². The van der Waals surface area contributed by atoms with Gasteiger partial charge in [-0.3, -0.25) is 9.59 Å². The Morgan fingerprint density at radius 3 is 2.20 bits per heavy atom. The number of alkyl carbamates (subject to hydrolysis) is 1. The fourth-order valence-corrected chi connectivity index (χ4v) is 4.53. The molecule has 0 unspecified atom stereocenters. The second-order valence-corrected chi connectivity index (χ2v) is 8.87. The Balaban J connectivity index is 1.09. The summed E-state index contributed by atoms with van der Waals surface area (Å²) in [6.07, 6.45) is -0.528. The predicted octanol–water partition coefficient (Wildman–Crippen LogP) is 3.01. The summed E-state index contributed by atoms with van der Waals surface area (Å²) in [5, 5.41) is 15.3. The molecule has 0 radical (unpaired) electrons. The van der Waals surface area contributed by atoms with Crippen molar-refractivity contribution in [3.05, 3.63) is 77.4 Å². The zero-order valence-corrected chi connectivity index (χ0v) is 22.0. The van der Waals surface area contributed by atoms with Crippen molar-refractivity contribution >= 4 is 23.6 Å². The molecule has 3 amide bonds. The Labute approximate surface area is 231 Å². The summed E-state index contributed by atoms with van der Waals surface area (Å²) in [5.74, 6) is -1.86. The maximum Gasteiger partial charge on any atom is 0.407 e. The van der Waals surface area contributed by atoms with Crippen molar-refractivity contribution in [1.82, 2.24) is 5.32 Å². The van der Waals surface area contributed by atoms with Crippen molar-refractivity contribution in [1.29, 1.82) is 0 Å². The van der Waals surface area contributed by atoms with Gasteiger partial charge in [-0.05, 0) is 34.4 Å². The summed E-state index contributed by atoms with van der Waals surface area (Å²) in [5.41, 5.74) is 9.64. The average Bonchev–Trinajstić information content (AvgIpc) is 3.27. The summed E-state index contributed by atoms with van der Waals surface area (Å²) in [4.78, 5) is 35.9. The number of nitrogens with one attached hydrogen (secondary N) is 2. The minimum absolute atomic E-state index is 0.00115. The van der Waals surface area contributed by atoms with Crippen LogP contribution < -0.4 is 21.1 Å². The van der Waals surface area contributed by atoms with Gasteiger partial charge in [-0.1, -0.05) is 48.5 Å². The first-order valence-corrected chi connectivity index (χ1v) is 12.6. The van der Waals surface area contributed by atoms with Crippen LogP contribution in [0.2, 0.25) is 0 Å². The second-order valence-electron chi connectivity index (χ2n) is 8.87. The lowest BCUT2D eigenvalue weighted by Crippen LogP contribution is -2.29. The molecule has 5 N–H and O–H groups in total. The Morgan fingerprint density at radius 1 is 0.900 bits per heavy atom. The highest BCUT2D eigenvalue weighted by Crippen LogP contribution is 2.44. The lowest BCUT2D eigenvalue weighted by molar-refractivity contribution is -0.121. The minimum atomic E-state index is -0.896. The van der Waals surface area contributed by atoms with Gasteiger partial charge < -0.3 is 40.4 Å². The fourth-order valence-electron chi connectivity index (χ4n) is 4.53. The molecule has 11 nitrogen and oxygen atoms in total. The highest BCUT2D eigenvalue weighted by Gasteiger charge is 2.29. The number of primary amides is 1. The van der Waals surface area contributed by atoms with Crippen LogP contribution in [0.15, 0.2) is 60.7 Å². The van der Waals surface area contributed by atoms with Crippen molar-refractivity contribution < 1.29 is 38.4 Å². The molecule has 0 spiro atoms. The van der Waals surface area contributed by atoms with Gasteiger partial charge in [0.15, 0.2) is 5.75 Å². The third-order valence-corrected chi connectivity index (χ3v) is 6.34. The quantitative estimate of drug-likeness (QED) is 0.187. The van der Waals surface area contributed by atoms with Gasteiger partial charge in [0.25, 0.3) is 5.91 Å². The van der Waals surface area contributed by atoms with Crippen molar-refractivity contribution in [3.8, 4) is 22.6 Å². The van der Waals surface area contributed by atoms with Crippen LogP contribution in [-0.4, -0.2) is 69.7 Å². The van der Waals surface area contributed by atoms with E-state index in [1.54, 1.807) is 0 Å². The van der Waals surface area contributed by atoms with Gasteiger partial charge in [-0.2, -0.15) is 0 Å². The summed E-state index contributed by atoms with van der Waals surface area (Å²) in [6.45, 7) is 0.720. The molecule has 1 aliphatic rings. The zero-order valence-electron chi connectivity index (χ0n) is 22.0. The van der Waals surface area contributed by atoms with E-state index in [9.17, 15) is 19.5 Å². The number of methoxy groups -OCH3 is 1. The van der Waals surface area contributed by atoms with Gasteiger partial charge in [0.2, 0.25) is 5.91 Å². The zero-order chi connectivity index (χ0) is 28.5. The number of carbonyl (C=O) groups excluding carboxylic acids is 3. The lowest BCUT2D eigenvalue weighted by atomic mass is 9.98.